The molecule has 5 heteroatoms. The van der Waals surface area contributed by atoms with Crippen LogP contribution in [0.5, 0.6) is 0 Å². The highest BCUT2D eigenvalue weighted by Gasteiger charge is 2.21. The molecule has 0 unspecified atom stereocenters. The lowest BCUT2D eigenvalue weighted by molar-refractivity contribution is -0.118. The fourth-order valence-electron chi connectivity index (χ4n) is 2.74. The minimum absolute atomic E-state index is 0.00481. The van der Waals surface area contributed by atoms with E-state index in [9.17, 15) is 4.79 Å². The average molecular weight is 369 g/mol. The van der Waals surface area contributed by atoms with Crippen molar-refractivity contribution in [1.82, 2.24) is 4.98 Å². The van der Waals surface area contributed by atoms with Crippen molar-refractivity contribution in [3.63, 3.8) is 0 Å². The van der Waals surface area contributed by atoms with E-state index < -0.39 is 0 Å². The lowest BCUT2D eigenvalue weighted by Crippen LogP contribution is -2.26. The second kappa shape index (κ2) is 8.43. The quantitative estimate of drug-likeness (QED) is 0.516. The molecule has 1 amide bonds. The van der Waals surface area contributed by atoms with Crippen LogP contribution in [0.2, 0.25) is 0 Å². The lowest BCUT2D eigenvalue weighted by atomic mass is 10.0. The minimum atomic E-state index is -0.00481. The largest absolute Gasteiger partial charge is 0.381 e. The number of fused-ring (bicyclic) bond motifs is 1. The van der Waals surface area contributed by atoms with Gasteiger partial charge in [-0.25, -0.2) is 4.98 Å². The molecule has 1 heterocycles. The van der Waals surface area contributed by atoms with Crippen LogP contribution in [-0.2, 0) is 9.53 Å². The SMILES string of the molecule is CCOCCC(=O)N(c1ccc(C(C)C)cc1)c1nc2ccccc2s1. The third-order valence-corrected chi connectivity index (χ3v) is 5.23. The normalized spacial score (nSPS) is 11.2. The molecular formula is C21H24N2O2S. The highest BCUT2D eigenvalue weighted by Crippen LogP contribution is 2.34. The van der Waals surface area contributed by atoms with Gasteiger partial charge < -0.3 is 4.74 Å². The predicted molar refractivity (Wildman–Crippen MR) is 108 cm³/mol. The first-order valence-corrected chi connectivity index (χ1v) is 9.78. The van der Waals surface area contributed by atoms with E-state index in [0.29, 0.717) is 30.7 Å². The van der Waals surface area contributed by atoms with Gasteiger partial charge in [0.2, 0.25) is 5.91 Å². The van der Waals surface area contributed by atoms with Gasteiger partial charge in [0.25, 0.3) is 0 Å². The third-order valence-electron chi connectivity index (χ3n) is 4.21. The van der Waals surface area contributed by atoms with E-state index in [0.717, 1.165) is 15.9 Å². The highest BCUT2D eigenvalue weighted by atomic mass is 32.1. The van der Waals surface area contributed by atoms with Crippen LogP contribution in [-0.4, -0.2) is 24.1 Å². The van der Waals surface area contributed by atoms with Gasteiger partial charge in [0.15, 0.2) is 5.13 Å². The van der Waals surface area contributed by atoms with Crippen molar-refractivity contribution in [2.75, 3.05) is 18.1 Å². The molecule has 3 aromatic rings. The number of amides is 1. The number of carbonyl (C=O) groups is 1. The van der Waals surface area contributed by atoms with Crippen LogP contribution in [0.15, 0.2) is 48.5 Å². The summed E-state index contributed by atoms with van der Waals surface area (Å²) in [4.78, 5) is 19.3. The fraction of sp³-hybridized carbons (Fsp3) is 0.333. The summed E-state index contributed by atoms with van der Waals surface area (Å²) in [5.41, 5.74) is 3.00. The average Bonchev–Trinajstić information content (AvgIpc) is 3.06. The summed E-state index contributed by atoms with van der Waals surface area (Å²) in [6, 6.07) is 16.1. The molecule has 0 N–H and O–H groups in total. The molecule has 0 aliphatic carbocycles. The Kier molecular flexibility index (Phi) is 6.01. The maximum absolute atomic E-state index is 12.9. The van der Waals surface area contributed by atoms with Crippen molar-refractivity contribution in [3.05, 3.63) is 54.1 Å². The number of hydrogen-bond acceptors (Lipinski definition) is 4. The standard InChI is InChI=1S/C21H24N2O2S/c1-4-25-14-13-20(24)23(17-11-9-16(10-12-17)15(2)3)21-22-18-7-5-6-8-19(18)26-21/h5-12,15H,4,13-14H2,1-3H3. The molecule has 2 aromatic carbocycles. The molecule has 0 saturated carbocycles. The smallest absolute Gasteiger partial charge is 0.235 e. The van der Waals surface area contributed by atoms with Crippen molar-refractivity contribution in [2.24, 2.45) is 0 Å². The molecule has 0 saturated heterocycles. The highest BCUT2D eigenvalue weighted by molar-refractivity contribution is 7.22. The Bertz CT molecular complexity index is 838. The zero-order valence-corrected chi connectivity index (χ0v) is 16.3. The molecule has 0 atom stereocenters. The Labute approximate surface area is 158 Å². The number of rotatable bonds is 7. The molecular weight excluding hydrogens is 344 g/mol. The Morgan fingerprint density at radius 1 is 1.15 bits per heavy atom. The van der Waals surface area contributed by atoms with E-state index in [1.807, 2.05) is 43.3 Å². The van der Waals surface area contributed by atoms with Crippen LogP contribution in [0.1, 0.15) is 38.7 Å². The van der Waals surface area contributed by atoms with E-state index >= 15 is 0 Å². The molecule has 3 rings (SSSR count). The number of benzene rings is 2. The second-order valence-electron chi connectivity index (χ2n) is 6.39. The first kappa shape index (κ1) is 18.5. The Morgan fingerprint density at radius 3 is 2.54 bits per heavy atom. The van der Waals surface area contributed by atoms with Crippen molar-refractivity contribution in [3.8, 4) is 0 Å². The van der Waals surface area contributed by atoms with Gasteiger partial charge in [-0.1, -0.05) is 49.4 Å². The molecule has 1 aromatic heterocycles. The van der Waals surface area contributed by atoms with Gasteiger partial charge in [0, 0.05) is 6.61 Å². The van der Waals surface area contributed by atoms with Crippen LogP contribution in [0, 0.1) is 0 Å². The number of aromatic nitrogens is 1. The van der Waals surface area contributed by atoms with Gasteiger partial charge >= 0.3 is 0 Å². The summed E-state index contributed by atoms with van der Waals surface area (Å²) in [5, 5.41) is 0.699. The van der Waals surface area contributed by atoms with Gasteiger partial charge in [-0.05, 0) is 42.7 Å². The molecule has 136 valence electrons. The van der Waals surface area contributed by atoms with E-state index in [1.54, 1.807) is 4.90 Å². The number of nitrogens with zero attached hydrogens (tertiary/aromatic N) is 2. The van der Waals surface area contributed by atoms with Crippen LogP contribution >= 0.6 is 11.3 Å². The van der Waals surface area contributed by atoms with E-state index in [1.165, 1.54) is 16.9 Å². The van der Waals surface area contributed by atoms with E-state index in [4.69, 9.17) is 4.74 Å². The zero-order valence-electron chi connectivity index (χ0n) is 15.4. The second-order valence-corrected chi connectivity index (χ2v) is 7.40. The van der Waals surface area contributed by atoms with Crippen LogP contribution in [0.25, 0.3) is 10.2 Å². The maximum atomic E-state index is 12.9. The summed E-state index contributed by atoms with van der Waals surface area (Å²) >= 11 is 1.53. The first-order chi connectivity index (χ1) is 12.6. The molecule has 0 bridgehead atoms. The molecule has 0 aliphatic rings. The maximum Gasteiger partial charge on any atom is 0.235 e. The lowest BCUT2D eigenvalue weighted by Gasteiger charge is -2.20. The third kappa shape index (κ3) is 4.11. The summed E-state index contributed by atoms with van der Waals surface area (Å²) < 4.78 is 6.44. The summed E-state index contributed by atoms with van der Waals surface area (Å²) in [6.45, 7) is 7.28. The Hall–Kier alpha value is -2.24. The molecule has 4 nitrogen and oxygen atoms in total. The predicted octanol–water partition coefficient (Wildman–Crippen LogP) is 5.51. The topological polar surface area (TPSA) is 42.4 Å². The van der Waals surface area contributed by atoms with Gasteiger partial charge in [0.05, 0.1) is 28.9 Å². The number of thiazole rings is 1. The van der Waals surface area contributed by atoms with E-state index in [2.05, 4.69) is 31.0 Å². The van der Waals surface area contributed by atoms with Gasteiger partial charge in [-0.2, -0.15) is 0 Å². The number of ether oxygens (including phenoxy) is 1. The molecule has 26 heavy (non-hydrogen) atoms. The molecule has 0 fully saturated rings. The molecule has 0 aliphatic heterocycles. The van der Waals surface area contributed by atoms with E-state index in [-0.39, 0.29) is 5.91 Å². The van der Waals surface area contributed by atoms with Crippen molar-refractivity contribution < 1.29 is 9.53 Å². The van der Waals surface area contributed by atoms with Crippen LogP contribution in [0.3, 0.4) is 0 Å². The first-order valence-electron chi connectivity index (χ1n) is 8.96. The van der Waals surface area contributed by atoms with Crippen LogP contribution < -0.4 is 4.90 Å². The van der Waals surface area contributed by atoms with Gasteiger partial charge in [-0.15, -0.1) is 0 Å². The number of anilines is 2. The summed E-state index contributed by atoms with van der Waals surface area (Å²) in [6.07, 6.45) is 0.329. The monoisotopic (exact) mass is 368 g/mol. The zero-order chi connectivity index (χ0) is 18.5. The molecule has 0 spiro atoms. The van der Waals surface area contributed by atoms with Gasteiger partial charge in [-0.3, -0.25) is 9.69 Å². The van der Waals surface area contributed by atoms with Crippen molar-refractivity contribution >= 4 is 38.3 Å². The minimum Gasteiger partial charge on any atom is -0.381 e. The number of carbonyl (C=O) groups excluding carboxylic acids is 1. The number of para-hydroxylation sites is 1. The Balaban J connectivity index is 1.96. The van der Waals surface area contributed by atoms with Crippen LogP contribution in [0.4, 0.5) is 10.8 Å². The summed E-state index contributed by atoms with van der Waals surface area (Å²) in [7, 11) is 0. The van der Waals surface area contributed by atoms with Crippen molar-refractivity contribution in [1.29, 1.82) is 0 Å². The number of hydrogen-bond donors (Lipinski definition) is 0. The summed E-state index contributed by atoms with van der Waals surface area (Å²) in [5.74, 6) is 0.448. The molecule has 0 radical (unpaired) electrons. The fourth-order valence-corrected chi connectivity index (χ4v) is 3.74. The van der Waals surface area contributed by atoms with Gasteiger partial charge in [0.1, 0.15) is 0 Å². The van der Waals surface area contributed by atoms with Crippen molar-refractivity contribution in [2.45, 2.75) is 33.1 Å². The Morgan fingerprint density at radius 2 is 1.88 bits per heavy atom.